The molecule has 1 amide bonds. The number of carbonyl (C=O) groups excluding carboxylic acids is 1. The fraction of sp³-hybridized carbons (Fsp3) is 0.938. The fourth-order valence-corrected chi connectivity index (χ4v) is 3.24. The molecule has 2 rings (SSSR count). The van der Waals surface area contributed by atoms with E-state index < -0.39 is 0 Å². The summed E-state index contributed by atoms with van der Waals surface area (Å²) in [5.74, 6) is 0.213. The molecule has 2 saturated heterocycles. The molecular formula is C16H31N3O2. The number of carbonyl (C=O) groups is 1. The van der Waals surface area contributed by atoms with Gasteiger partial charge >= 0.3 is 0 Å². The molecule has 2 unspecified atom stereocenters. The zero-order chi connectivity index (χ0) is 15.1. The minimum Gasteiger partial charge on any atom is -0.378 e. The third-order valence-electron chi connectivity index (χ3n) is 4.71. The number of likely N-dealkylation sites (tertiary alicyclic amines) is 1. The Bertz CT molecular complexity index is 319. The van der Waals surface area contributed by atoms with Gasteiger partial charge in [-0.1, -0.05) is 6.42 Å². The third-order valence-corrected chi connectivity index (χ3v) is 4.71. The predicted molar refractivity (Wildman–Crippen MR) is 84.4 cm³/mol. The van der Waals surface area contributed by atoms with E-state index in [0.29, 0.717) is 13.2 Å². The first-order chi connectivity index (χ1) is 10.2. The predicted octanol–water partition coefficient (Wildman–Crippen LogP) is 1.09. The van der Waals surface area contributed by atoms with Crippen molar-refractivity contribution < 1.29 is 9.53 Å². The summed E-state index contributed by atoms with van der Waals surface area (Å²) >= 11 is 0. The lowest BCUT2D eigenvalue weighted by Crippen LogP contribution is -2.49. The second kappa shape index (κ2) is 8.71. The molecule has 0 spiro atoms. The zero-order valence-electron chi connectivity index (χ0n) is 13.6. The second-order valence-electron chi connectivity index (χ2n) is 6.35. The van der Waals surface area contributed by atoms with E-state index in [0.717, 1.165) is 38.6 Å². The topological polar surface area (TPSA) is 44.8 Å². The lowest BCUT2D eigenvalue weighted by molar-refractivity contribution is -0.137. The Labute approximate surface area is 129 Å². The van der Waals surface area contributed by atoms with E-state index in [-0.39, 0.29) is 11.9 Å². The van der Waals surface area contributed by atoms with Crippen molar-refractivity contribution in [1.29, 1.82) is 0 Å². The average molecular weight is 297 g/mol. The largest absolute Gasteiger partial charge is 0.378 e. The summed E-state index contributed by atoms with van der Waals surface area (Å²) in [5.41, 5.74) is 0. The summed E-state index contributed by atoms with van der Waals surface area (Å²) in [6.45, 7) is 10.4. The van der Waals surface area contributed by atoms with Crippen LogP contribution >= 0.6 is 0 Å². The molecule has 0 aromatic rings. The molecule has 122 valence electrons. The molecule has 21 heavy (non-hydrogen) atoms. The Morgan fingerprint density at radius 3 is 2.76 bits per heavy atom. The molecule has 2 heterocycles. The number of piperidine rings is 1. The van der Waals surface area contributed by atoms with Crippen LogP contribution in [0.5, 0.6) is 0 Å². The van der Waals surface area contributed by atoms with Gasteiger partial charge in [-0.25, -0.2) is 0 Å². The Morgan fingerprint density at radius 1 is 1.29 bits per heavy atom. The third kappa shape index (κ3) is 5.24. The van der Waals surface area contributed by atoms with Crippen molar-refractivity contribution >= 4 is 5.91 Å². The fourth-order valence-electron chi connectivity index (χ4n) is 3.24. The van der Waals surface area contributed by atoms with Crippen molar-refractivity contribution in [3.63, 3.8) is 0 Å². The summed E-state index contributed by atoms with van der Waals surface area (Å²) in [6.07, 6.45) is 5.16. The maximum Gasteiger partial charge on any atom is 0.239 e. The zero-order valence-corrected chi connectivity index (χ0v) is 13.6. The molecule has 0 radical (unpaired) electrons. The average Bonchev–Trinajstić information content (AvgIpc) is 2.53. The molecule has 0 aromatic heterocycles. The molecule has 5 nitrogen and oxygen atoms in total. The van der Waals surface area contributed by atoms with Gasteiger partial charge in [-0.3, -0.25) is 4.79 Å². The number of amides is 1. The van der Waals surface area contributed by atoms with Crippen LogP contribution < -0.4 is 5.32 Å². The first-order valence-corrected chi connectivity index (χ1v) is 8.52. The van der Waals surface area contributed by atoms with Crippen molar-refractivity contribution in [2.24, 2.45) is 0 Å². The minimum atomic E-state index is -0.0816. The highest BCUT2D eigenvalue weighted by molar-refractivity contribution is 5.81. The van der Waals surface area contributed by atoms with Gasteiger partial charge in [0.05, 0.1) is 19.3 Å². The van der Waals surface area contributed by atoms with Crippen LogP contribution in [0.3, 0.4) is 0 Å². The quantitative estimate of drug-likeness (QED) is 0.746. The monoisotopic (exact) mass is 297 g/mol. The van der Waals surface area contributed by atoms with E-state index in [9.17, 15) is 4.79 Å². The molecule has 2 aliphatic heterocycles. The number of nitrogens with one attached hydrogen (secondary N) is 1. The van der Waals surface area contributed by atoms with Gasteiger partial charge in [-0.2, -0.15) is 0 Å². The molecule has 0 saturated carbocycles. The van der Waals surface area contributed by atoms with Crippen LogP contribution in [-0.4, -0.2) is 73.7 Å². The maximum absolute atomic E-state index is 12.2. The molecular weight excluding hydrogens is 266 g/mol. The Hall–Kier alpha value is -0.650. The SMILES string of the molecule is CC(NCCCN1CCCCC1C)C(=O)N1CCOCC1. The minimum absolute atomic E-state index is 0.0816. The van der Waals surface area contributed by atoms with Crippen LogP contribution in [0.1, 0.15) is 39.5 Å². The van der Waals surface area contributed by atoms with E-state index in [1.165, 1.54) is 25.8 Å². The van der Waals surface area contributed by atoms with Crippen LogP contribution in [-0.2, 0) is 9.53 Å². The number of hydrogen-bond donors (Lipinski definition) is 1. The van der Waals surface area contributed by atoms with E-state index >= 15 is 0 Å². The molecule has 0 aromatic carbocycles. The van der Waals surface area contributed by atoms with E-state index in [1.807, 2.05) is 11.8 Å². The summed E-state index contributed by atoms with van der Waals surface area (Å²) < 4.78 is 5.29. The lowest BCUT2D eigenvalue weighted by Gasteiger charge is -2.33. The van der Waals surface area contributed by atoms with Crippen molar-refractivity contribution in [3.05, 3.63) is 0 Å². The van der Waals surface area contributed by atoms with Gasteiger partial charge in [0.15, 0.2) is 0 Å². The highest BCUT2D eigenvalue weighted by atomic mass is 16.5. The van der Waals surface area contributed by atoms with Gasteiger partial charge < -0.3 is 19.9 Å². The highest BCUT2D eigenvalue weighted by Gasteiger charge is 2.22. The van der Waals surface area contributed by atoms with E-state index in [1.54, 1.807) is 0 Å². The summed E-state index contributed by atoms with van der Waals surface area (Å²) in [5, 5.41) is 3.38. The number of nitrogens with zero attached hydrogens (tertiary/aromatic N) is 2. The number of rotatable bonds is 6. The molecule has 5 heteroatoms. The number of hydrogen-bond acceptors (Lipinski definition) is 4. The molecule has 1 N–H and O–H groups in total. The molecule has 2 fully saturated rings. The Balaban J connectivity index is 1.60. The van der Waals surface area contributed by atoms with Crippen LogP contribution in [0.25, 0.3) is 0 Å². The molecule has 2 atom stereocenters. The normalized spacial score (nSPS) is 25.8. The number of ether oxygens (including phenoxy) is 1. The first kappa shape index (κ1) is 16.7. The van der Waals surface area contributed by atoms with Gasteiger partial charge in [0.1, 0.15) is 0 Å². The summed E-state index contributed by atoms with van der Waals surface area (Å²) in [6, 6.07) is 0.646. The second-order valence-corrected chi connectivity index (χ2v) is 6.35. The maximum atomic E-state index is 12.2. The number of morpholine rings is 1. The van der Waals surface area contributed by atoms with Crippen LogP contribution in [0.2, 0.25) is 0 Å². The van der Waals surface area contributed by atoms with Gasteiger partial charge in [0.2, 0.25) is 5.91 Å². The standard InChI is InChI=1S/C16H31N3O2/c1-14-6-3-4-8-18(14)9-5-7-17-15(2)16(20)19-10-12-21-13-11-19/h14-15,17H,3-13H2,1-2H3. The van der Waals surface area contributed by atoms with Crippen molar-refractivity contribution in [3.8, 4) is 0 Å². The van der Waals surface area contributed by atoms with Crippen molar-refractivity contribution in [2.45, 2.75) is 51.6 Å². The van der Waals surface area contributed by atoms with Gasteiger partial charge in [-0.05, 0) is 52.7 Å². The van der Waals surface area contributed by atoms with E-state index in [4.69, 9.17) is 4.74 Å². The van der Waals surface area contributed by atoms with E-state index in [2.05, 4.69) is 17.1 Å². The van der Waals surface area contributed by atoms with Crippen LogP contribution in [0, 0.1) is 0 Å². The Kier molecular flexibility index (Phi) is 6.93. The highest BCUT2D eigenvalue weighted by Crippen LogP contribution is 2.16. The first-order valence-electron chi connectivity index (χ1n) is 8.52. The molecule has 0 aliphatic carbocycles. The Morgan fingerprint density at radius 2 is 2.05 bits per heavy atom. The van der Waals surface area contributed by atoms with Gasteiger partial charge in [-0.15, -0.1) is 0 Å². The van der Waals surface area contributed by atoms with Crippen LogP contribution in [0.15, 0.2) is 0 Å². The van der Waals surface area contributed by atoms with Gasteiger partial charge in [0, 0.05) is 19.1 Å². The van der Waals surface area contributed by atoms with Crippen LogP contribution in [0.4, 0.5) is 0 Å². The van der Waals surface area contributed by atoms with Gasteiger partial charge in [0.25, 0.3) is 0 Å². The van der Waals surface area contributed by atoms with Crippen molar-refractivity contribution in [1.82, 2.24) is 15.1 Å². The van der Waals surface area contributed by atoms with Crippen molar-refractivity contribution in [2.75, 3.05) is 45.9 Å². The molecule has 0 bridgehead atoms. The summed E-state index contributed by atoms with van der Waals surface area (Å²) in [7, 11) is 0. The summed E-state index contributed by atoms with van der Waals surface area (Å²) in [4.78, 5) is 16.7. The smallest absolute Gasteiger partial charge is 0.239 e. The molecule has 2 aliphatic rings. The lowest BCUT2D eigenvalue weighted by atomic mass is 10.0.